The molecule has 3 aromatic rings. The fourth-order valence-electron chi connectivity index (χ4n) is 3.91. The summed E-state index contributed by atoms with van der Waals surface area (Å²) >= 11 is 0. The van der Waals surface area contributed by atoms with E-state index in [1.807, 2.05) is 0 Å². The van der Waals surface area contributed by atoms with Gasteiger partial charge in [-0.1, -0.05) is 12.1 Å². The molecule has 0 spiro atoms. The van der Waals surface area contributed by atoms with Crippen LogP contribution in [0.3, 0.4) is 0 Å². The maximum absolute atomic E-state index is 13.3. The van der Waals surface area contributed by atoms with Gasteiger partial charge in [0, 0.05) is 23.9 Å². The molecule has 2 heterocycles. The van der Waals surface area contributed by atoms with Crippen LogP contribution in [0, 0.1) is 12.7 Å². The average Bonchev–Trinajstić information content (AvgIpc) is 2.77. The van der Waals surface area contributed by atoms with Crippen molar-refractivity contribution in [2.24, 2.45) is 0 Å². The maximum atomic E-state index is 13.3. The number of carbonyl (C=O) groups is 3. The van der Waals surface area contributed by atoms with Gasteiger partial charge in [0.2, 0.25) is 11.8 Å². The predicted octanol–water partition coefficient (Wildman–Crippen LogP) is 3.81. The monoisotopic (exact) mass is 436 g/mol. The molecule has 0 bridgehead atoms. The third-order valence-electron chi connectivity index (χ3n) is 5.59. The van der Waals surface area contributed by atoms with Crippen LogP contribution in [0.15, 0.2) is 36.4 Å². The van der Waals surface area contributed by atoms with Crippen LogP contribution in [0.25, 0.3) is 10.9 Å². The summed E-state index contributed by atoms with van der Waals surface area (Å²) < 4.78 is 18.0. The molecule has 0 saturated carbocycles. The number of pyridine rings is 1. The number of amides is 2. The predicted molar refractivity (Wildman–Crippen MR) is 115 cm³/mol. The number of imide groups is 1. The van der Waals surface area contributed by atoms with Crippen LogP contribution in [0.2, 0.25) is 0 Å². The number of anilines is 1. The average molecular weight is 436 g/mol. The second kappa shape index (κ2) is 8.37. The van der Waals surface area contributed by atoms with E-state index in [4.69, 9.17) is 4.74 Å². The summed E-state index contributed by atoms with van der Waals surface area (Å²) in [4.78, 5) is 43.1. The molecule has 7 nitrogen and oxygen atoms in total. The quantitative estimate of drug-likeness (QED) is 0.494. The number of hydrogen-bond donors (Lipinski definition) is 1. The Kier molecular flexibility index (Phi) is 5.61. The van der Waals surface area contributed by atoms with E-state index in [-0.39, 0.29) is 53.0 Å². The molecule has 1 N–H and O–H groups in total. The highest BCUT2D eigenvalue weighted by atomic mass is 19.1. The van der Waals surface area contributed by atoms with E-state index in [0.717, 1.165) is 16.0 Å². The van der Waals surface area contributed by atoms with E-state index in [9.17, 15) is 23.9 Å². The highest BCUT2D eigenvalue weighted by Crippen LogP contribution is 2.38. The van der Waals surface area contributed by atoms with Gasteiger partial charge in [-0.15, -0.1) is 0 Å². The van der Waals surface area contributed by atoms with Crippen molar-refractivity contribution in [2.75, 3.05) is 12.0 Å². The summed E-state index contributed by atoms with van der Waals surface area (Å²) in [6.07, 6.45) is 1.28. The maximum Gasteiger partial charge on any atom is 0.341 e. The fourth-order valence-corrected chi connectivity index (χ4v) is 3.91. The van der Waals surface area contributed by atoms with Gasteiger partial charge in [0.25, 0.3) is 0 Å². The number of aryl methyl sites for hydroxylation is 1. The topological polar surface area (TPSA) is 96.8 Å². The first-order valence-corrected chi connectivity index (χ1v) is 10.1. The second-order valence-electron chi connectivity index (χ2n) is 7.69. The molecule has 4 rings (SSSR count). The first-order chi connectivity index (χ1) is 15.3. The molecular formula is C24H21FN2O5. The van der Waals surface area contributed by atoms with Gasteiger partial charge >= 0.3 is 5.97 Å². The minimum atomic E-state index is -0.808. The van der Waals surface area contributed by atoms with Gasteiger partial charge in [0.05, 0.1) is 12.8 Å². The van der Waals surface area contributed by atoms with E-state index in [1.54, 1.807) is 25.1 Å². The molecule has 1 aliphatic heterocycles. The molecule has 1 aromatic heterocycles. The number of nitrogens with zero attached hydrogens (tertiary/aromatic N) is 2. The number of fused-ring (bicyclic) bond motifs is 1. The van der Waals surface area contributed by atoms with Gasteiger partial charge < -0.3 is 9.84 Å². The van der Waals surface area contributed by atoms with Gasteiger partial charge in [-0.05, 0) is 55.2 Å². The number of carbonyl (C=O) groups excluding carboxylic acids is 3. The van der Waals surface area contributed by atoms with Crippen LogP contribution in [-0.2, 0) is 20.7 Å². The van der Waals surface area contributed by atoms with Crippen LogP contribution in [0.4, 0.5) is 10.1 Å². The third-order valence-corrected chi connectivity index (χ3v) is 5.59. The lowest BCUT2D eigenvalue weighted by molar-refractivity contribution is -0.129. The first kappa shape index (κ1) is 21.4. The highest BCUT2D eigenvalue weighted by molar-refractivity contribution is 6.21. The SMILES string of the molecule is COC(=O)c1cc(N2C(=O)CCCC2=O)c2cc(Cc3ccc(F)cc3)c(C)nc2c1O. The van der Waals surface area contributed by atoms with Crippen molar-refractivity contribution in [3.8, 4) is 5.75 Å². The Morgan fingerprint density at radius 3 is 2.44 bits per heavy atom. The Morgan fingerprint density at radius 1 is 1.16 bits per heavy atom. The summed E-state index contributed by atoms with van der Waals surface area (Å²) in [5, 5.41) is 11.1. The van der Waals surface area contributed by atoms with Gasteiger partial charge in [-0.2, -0.15) is 0 Å². The van der Waals surface area contributed by atoms with Crippen molar-refractivity contribution in [1.29, 1.82) is 0 Å². The first-order valence-electron chi connectivity index (χ1n) is 10.1. The van der Waals surface area contributed by atoms with Gasteiger partial charge in [0.1, 0.15) is 16.9 Å². The number of hydrogen-bond acceptors (Lipinski definition) is 6. The summed E-state index contributed by atoms with van der Waals surface area (Å²) in [5.74, 6) is -2.30. The summed E-state index contributed by atoms with van der Waals surface area (Å²) in [6.45, 7) is 1.75. The molecular weight excluding hydrogens is 415 g/mol. The minimum Gasteiger partial charge on any atom is -0.505 e. The molecule has 0 atom stereocenters. The molecule has 32 heavy (non-hydrogen) atoms. The number of phenolic OH excluding ortho intramolecular Hbond substituents is 1. The number of halogens is 1. The minimum absolute atomic E-state index is 0.0921. The van der Waals surface area contributed by atoms with E-state index >= 15 is 0 Å². The number of methoxy groups -OCH3 is 1. The summed E-state index contributed by atoms with van der Waals surface area (Å²) in [7, 11) is 1.17. The lowest BCUT2D eigenvalue weighted by atomic mass is 9.98. The normalized spacial score (nSPS) is 14.2. The number of esters is 1. The molecule has 164 valence electrons. The van der Waals surface area contributed by atoms with Crippen molar-refractivity contribution < 1.29 is 28.6 Å². The Hall–Kier alpha value is -3.81. The lowest BCUT2D eigenvalue weighted by Crippen LogP contribution is -2.40. The van der Waals surface area contributed by atoms with Crippen LogP contribution in [0.1, 0.15) is 46.4 Å². The third kappa shape index (κ3) is 3.79. The van der Waals surface area contributed by atoms with Crippen molar-refractivity contribution in [1.82, 2.24) is 4.98 Å². The van der Waals surface area contributed by atoms with E-state index < -0.39 is 5.97 Å². The zero-order valence-corrected chi connectivity index (χ0v) is 17.6. The zero-order valence-electron chi connectivity index (χ0n) is 17.6. The Balaban J connectivity index is 1.95. The number of aromatic hydroxyl groups is 1. The van der Waals surface area contributed by atoms with Crippen LogP contribution < -0.4 is 4.90 Å². The number of ether oxygens (including phenoxy) is 1. The fraction of sp³-hybridized carbons (Fsp3) is 0.250. The molecule has 0 radical (unpaired) electrons. The smallest absolute Gasteiger partial charge is 0.341 e. The van der Waals surface area contributed by atoms with Crippen LogP contribution in [-0.4, -0.2) is 35.0 Å². The van der Waals surface area contributed by atoms with Gasteiger partial charge in [0.15, 0.2) is 5.75 Å². The Morgan fingerprint density at radius 2 is 1.81 bits per heavy atom. The van der Waals surface area contributed by atoms with Crippen molar-refractivity contribution >= 4 is 34.4 Å². The second-order valence-corrected chi connectivity index (χ2v) is 7.69. The van der Waals surface area contributed by atoms with Crippen molar-refractivity contribution in [2.45, 2.75) is 32.6 Å². The lowest BCUT2D eigenvalue weighted by Gasteiger charge is -2.27. The zero-order chi connectivity index (χ0) is 23.0. The van der Waals surface area contributed by atoms with Crippen LogP contribution in [0.5, 0.6) is 5.75 Å². The number of rotatable bonds is 4. The van der Waals surface area contributed by atoms with Gasteiger partial charge in [-0.25, -0.2) is 19.1 Å². The van der Waals surface area contributed by atoms with Crippen molar-refractivity contribution in [3.63, 3.8) is 0 Å². The number of phenols is 1. The molecule has 0 unspecified atom stereocenters. The van der Waals surface area contributed by atoms with E-state index in [1.165, 1.54) is 25.3 Å². The van der Waals surface area contributed by atoms with Crippen LogP contribution >= 0.6 is 0 Å². The largest absolute Gasteiger partial charge is 0.505 e. The Labute approximate surface area is 183 Å². The molecule has 0 aliphatic carbocycles. The number of piperidine rings is 1. The van der Waals surface area contributed by atoms with Gasteiger partial charge in [-0.3, -0.25) is 9.59 Å². The van der Waals surface area contributed by atoms with Crippen molar-refractivity contribution in [3.05, 3.63) is 64.6 Å². The van der Waals surface area contributed by atoms with E-state index in [2.05, 4.69) is 4.98 Å². The highest BCUT2D eigenvalue weighted by Gasteiger charge is 2.31. The molecule has 1 aliphatic rings. The molecule has 1 saturated heterocycles. The molecule has 2 aromatic carbocycles. The number of benzene rings is 2. The Bertz CT molecular complexity index is 1240. The number of aromatic nitrogens is 1. The standard InChI is InChI=1S/C24H21FN2O5/c1-13-15(10-14-6-8-16(25)9-7-14)11-17-19(27-20(28)4-3-5-21(27)29)12-18(24(31)32-2)23(30)22(17)26-13/h6-9,11-12,30H,3-5,10H2,1-2H3. The summed E-state index contributed by atoms with van der Waals surface area (Å²) in [5.41, 5.74) is 2.29. The van der Waals surface area contributed by atoms with E-state index in [0.29, 0.717) is 23.9 Å². The molecule has 1 fully saturated rings. The molecule has 8 heteroatoms. The molecule has 2 amide bonds. The summed E-state index contributed by atoms with van der Waals surface area (Å²) in [6, 6.07) is 9.09.